The average molecular weight is 408 g/mol. The van der Waals surface area contributed by atoms with Crippen molar-refractivity contribution in [2.75, 3.05) is 7.05 Å². The number of benzene rings is 1. The van der Waals surface area contributed by atoms with E-state index in [1.807, 2.05) is 36.5 Å². The van der Waals surface area contributed by atoms with Gasteiger partial charge in [0.15, 0.2) is 0 Å². The molecule has 0 bridgehead atoms. The van der Waals surface area contributed by atoms with Gasteiger partial charge < -0.3 is 9.84 Å². The standard InChI is InChI=1S/C23H29N5O2/c1-22(2)14-17(15-23(3,4)27(22)5)30-21-10-9-19(25-26-21)18-8-7-16(13-20(18)29)28-12-6-11-24-28/h6-13,17,29H,14-15H2,1-5H3. The summed E-state index contributed by atoms with van der Waals surface area (Å²) in [4.78, 5) is 2.42. The molecule has 0 unspecified atom stereocenters. The molecular weight excluding hydrogens is 378 g/mol. The predicted octanol–water partition coefficient (Wildman–Crippen LogP) is 4.07. The lowest BCUT2D eigenvalue weighted by atomic mass is 9.79. The quantitative estimate of drug-likeness (QED) is 0.703. The summed E-state index contributed by atoms with van der Waals surface area (Å²) in [5.41, 5.74) is 2.08. The molecule has 1 aliphatic rings. The van der Waals surface area contributed by atoms with Gasteiger partial charge in [-0.25, -0.2) is 4.68 Å². The van der Waals surface area contributed by atoms with Crippen LogP contribution in [-0.2, 0) is 0 Å². The molecule has 4 rings (SSSR count). The van der Waals surface area contributed by atoms with E-state index in [0.717, 1.165) is 18.5 Å². The minimum Gasteiger partial charge on any atom is -0.507 e. The van der Waals surface area contributed by atoms with Crippen LogP contribution < -0.4 is 4.74 Å². The van der Waals surface area contributed by atoms with Crippen molar-refractivity contribution in [2.24, 2.45) is 0 Å². The number of piperidine rings is 1. The van der Waals surface area contributed by atoms with Crippen LogP contribution in [0.4, 0.5) is 0 Å². The number of hydrogen-bond acceptors (Lipinski definition) is 6. The zero-order chi connectivity index (χ0) is 21.5. The highest BCUT2D eigenvalue weighted by atomic mass is 16.5. The van der Waals surface area contributed by atoms with Crippen LogP contribution in [0.2, 0.25) is 0 Å². The van der Waals surface area contributed by atoms with E-state index in [9.17, 15) is 5.11 Å². The third kappa shape index (κ3) is 3.89. The lowest BCUT2D eigenvalue weighted by Crippen LogP contribution is -2.60. The van der Waals surface area contributed by atoms with Crippen LogP contribution in [0.25, 0.3) is 16.9 Å². The van der Waals surface area contributed by atoms with Gasteiger partial charge in [-0.3, -0.25) is 4.90 Å². The Morgan fingerprint density at radius 3 is 2.33 bits per heavy atom. The molecule has 1 aliphatic heterocycles. The maximum Gasteiger partial charge on any atom is 0.233 e. The van der Waals surface area contributed by atoms with Crippen molar-refractivity contribution >= 4 is 0 Å². The molecule has 0 amide bonds. The molecule has 0 aliphatic carbocycles. The highest BCUT2D eigenvalue weighted by Gasteiger charge is 2.44. The third-order valence-corrected chi connectivity index (χ3v) is 6.22. The van der Waals surface area contributed by atoms with Crippen molar-refractivity contribution in [3.63, 3.8) is 0 Å². The highest BCUT2D eigenvalue weighted by Crippen LogP contribution is 2.38. The monoisotopic (exact) mass is 407 g/mol. The van der Waals surface area contributed by atoms with Crippen LogP contribution in [0.5, 0.6) is 11.6 Å². The molecular formula is C23H29N5O2. The molecule has 3 aromatic rings. The number of nitrogens with zero attached hydrogens (tertiary/aromatic N) is 5. The Hall–Kier alpha value is -2.93. The number of hydrogen-bond donors (Lipinski definition) is 1. The fourth-order valence-corrected chi connectivity index (χ4v) is 4.36. The fourth-order valence-electron chi connectivity index (χ4n) is 4.36. The van der Waals surface area contributed by atoms with Crippen molar-refractivity contribution in [3.05, 3.63) is 48.8 Å². The smallest absolute Gasteiger partial charge is 0.233 e. The largest absolute Gasteiger partial charge is 0.507 e. The molecule has 158 valence electrons. The van der Waals surface area contributed by atoms with E-state index in [4.69, 9.17) is 4.74 Å². The number of rotatable bonds is 4. The Kier molecular flexibility index (Phi) is 5.02. The summed E-state index contributed by atoms with van der Waals surface area (Å²) in [6, 6.07) is 10.9. The predicted molar refractivity (Wildman–Crippen MR) is 116 cm³/mol. The molecule has 1 aromatic carbocycles. The maximum atomic E-state index is 10.5. The van der Waals surface area contributed by atoms with E-state index in [1.165, 1.54) is 0 Å². The van der Waals surface area contributed by atoms with E-state index < -0.39 is 0 Å². The zero-order valence-electron chi connectivity index (χ0n) is 18.2. The molecule has 30 heavy (non-hydrogen) atoms. The first kappa shape index (κ1) is 20.3. The summed E-state index contributed by atoms with van der Waals surface area (Å²) in [6.07, 6.45) is 5.44. The average Bonchev–Trinajstić information content (AvgIpc) is 3.21. The van der Waals surface area contributed by atoms with Gasteiger partial charge in [-0.15, -0.1) is 10.2 Å². The fraction of sp³-hybridized carbons (Fsp3) is 0.435. The molecule has 1 saturated heterocycles. The molecule has 7 nitrogen and oxygen atoms in total. The number of ether oxygens (including phenoxy) is 1. The molecule has 7 heteroatoms. The molecule has 1 N–H and O–H groups in total. The summed E-state index contributed by atoms with van der Waals surface area (Å²) >= 11 is 0. The van der Waals surface area contributed by atoms with Gasteiger partial charge in [-0.05, 0) is 59.0 Å². The molecule has 1 fully saturated rings. The van der Waals surface area contributed by atoms with Crippen LogP contribution >= 0.6 is 0 Å². The first-order valence-electron chi connectivity index (χ1n) is 10.2. The second-order valence-electron chi connectivity index (χ2n) is 9.24. The number of phenols is 1. The van der Waals surface area contributed by atoms with Gasteiger partial charge >= 0.3 is 0 Å². The number of aromatic nitrogens is 4. The van der Waals surface area contributed by atoms with Gasteiger partial charge in [0.2, 0.25) is 5.88 Å². The SMILES string of the molecule is CN1C(C)(C)CC(Oc2ccc(-c3ccc(-n4cccn4)cc3O)nn2)CC1(C)C. The second-order valence-corrected chi connectivity index (χ2v) is 9.24. The van der Waals surface area contributed by atoms with Gasteiger partial charge in [0.05, 0.1) is 11.4 Å². The van der Waals surface area contributed by atoms with Gasteiger partial charge in [0.1, 0.15) is 11.9 Å². The van der Waals surface area contributed by atoms with Crippen molar-refractivity contribution in [3.8, 4) is 28.6 Å². The first-order chi connectivity index (χ1) is 14.2. The van der Waals surface area contributed by atoms with E-state index in [0.29, 0.717) is 17.1 Å². The van der Waals surface area contributed by atoms with E-state index >= 15 is 0 Å². The minimum absolute atomic E-state index is 0.0435. The number of likely N-dealkylation sites (tertiary alicyclic amines) is 1. The third-order valence-electron chi connectivity index (χ3n) is 6.22. The summed E-state index contributed by atoms with van der Waals surface area (Å²) < 4.78 is 7.88. The number of aromatic hydroxyl groups is 1. The summed E-state index contributed by atoms with van der Waals surface area (Å²) in [7, 11) is 2.18. The van der Waals surface area contributed by atoms with Crippen molar-refractivity contribution in [1.82, 2.24) is 24.9 Å². The zero-order valence-corrected chi connectivity index (χ0v) is 18.2. The van der Waals surface area contributed by atoms with Gasteiger partial charge in [-0.1, -0.05) is 0 Å². The van der Waals surface area contributed by atoms with Gasteiger partial charge in [0.25, 0.3) is 0 Å². The molecule has 2 aromatic heterocycles. The number of phenolic OH excluding ortho intramolecular Hbond substituents is 1. The van der Waals surface area contributed by atoms with Crippen LogP contribution in [-0.4, -0.2) is 54.2 Å². The van der Waals surface area contributed by atoms with E-state index in [2.05, 4.69) is 54.9 Å². The minimum atomic E-state index is 0.0435. The Bertz CT molecular complexity index is 995. The topological polar surface area (TPSA) is 76.3 Å². The first-order valence-corrected chi connectivity index (χ1v) is 10.2. The highest BCUT2D eigenvalue weighted by molar-refractivity contribution is 5.68. The van der Waals surface area contributed by atoms with E-state index in [-0.39, 0.29) is 22.9 Å². The van der Waals surface area contributed by atoms with Crippen LogP contribution in [0.3, 0.4) is 0 Å². The molecule has 0 atom stereocenters. The Balaban J connectivity index is 1.50. The Morgan fingerprint density at radius 1 is 1.03 bits per heavy atom. The summed E-state index contributed by atoms with van der Waals surface area (Å²) in [6.45, 7) is 8.98. The maximum absolute atomic E-state index is 10.5. The van der Waals surface area contributed by atoms with Crippen LogP contribution in [0, 0.1) is 0 Å². The van der Waals surface area contributed by atoms with Crippen molar-refractivity contribution in [2.45, 2.75) is 57.7 Å². The van der Waals surface area contributed by atoms with Crippen LogP contribution in [0.15, 0.2) is 48.8 Å². The molecule has 0 radical (unpaired) electrons. The molecule has 3 heterocycles. The molecule has 0 saturated carbocycles. The Labute approximate surface area is 177 Å². The lowest BCUT2D eigenvalue weighted by molar-refractivity contribution is -0.0569. The normalized spacial score (nSPS) is 19.0. The second kappa shape index (κ2) is 7.40. The summed E-state index contributed by atoms with van der Waals surface area (Å²) in [5, 5.41) is 23.2. The molecule has 0 spiro atoms. The van der Waals surface area contributed by atoms with Gasteiger partial charge in [-0.2, -0.15) is 5.10 Å². The summed E-state index contributed by atoms with van der Waals surface area (Å²) in [5.74, 6) is 0.636. The van der Waals surface area contributed by atoms with E-state index in [1.54, 1.807) is 16.9 Å². The lowest BCUT2D eigenvalue weighted by Gasteiger charge is -2.53. The Morgan fingerprint density at radius 2 is 1.77 bits per heavy atom. The van der Waals surface area contributed by atoms with Gasteiger partial charge in [0, 0.05) is 54.0 Å². The van der Waals surface area contributed by atoms with Crippen LogP contribution in [0.1, 0.15) is 40.5 Å². The van der Waals surface area contributed by atoms with Crippen molar-refractivity contribution < 1.29 is 9.84 Å². The van der Waals surface area contributed by atoms with Crippen molar-refractivity contribution in [1.29, 1.82) is 0 Å².